The highest BCUT2D eigenvalue weighted by molar-refractivity contribution is 5.75. The lowest BCUT2D eigenvalue weighted by molar-refractivity contribution is 0.156. The lowest BCUT2D eigenvalue weighted by Gasteiger charge is -2.42. The molecule has 3 heteroatoms. The average Bonchev–Trinajstić information content (AvgIpc) is 2.57. The molecule has 3 nitrogen and oxygen atoms in total. The maximum Gasteiger partial charge on any atom is 0.317 e. The lowest BCUT2D eigenvalue weighted by Crippen LogP contribution is -2.50. The second-order valence-electron chi connectivity index (χ2n) is 5.06. The van der Waals surface area contributed by atoms with Crippen molar-refractivity contribution in [3.63, 3.8) is 0 Å². The van der Waals surface area contributed by atoms with Crippen LogP contribution in [0.3, 0.4) is 0 Å². The Morgan fingerprint density at radius 2 is 1.43 bits per heavy atom. The zero-order valence-corrected chi connectivity index (χ0v) is 12.8. The van der Waals surface area contributed by atoms with Gasteiger partial charge in [0, 0.05) is 14.1 Å². The minimum atomic E-state index is -0.470. The molecule has 0 aliphatic heterocycles. The molecule has 0 unspecified atom stereocenters. The summed E-state index contributed by atoms with van der Waals surface area (Å²) in [5.74, 6) is 0. The molecular formula is C18H22N2O. The fraction of sp³-hybridized carbons (Fsp3) is 0.278. The molecule has 1 N–H and O–H groups in total. The molecule has 2 aromatic carbocycles. The first-order valence-corrected chi connectivity index (χ1v) is 7.23. The summed E-state index contributed by atoms with van der Waals surface area (Å²) >= 11 is 0. The highest BCUT2D eigenvalue weighted by Gasteiger charge is 2.38. The van der Waals surface area contributed by atoms with Gasteiger partial charge >= 0.3 is 6.03 Å². The van der Waals surface area contributed by atoms with Gasteiger partial charge in [-0.2, -0.15) is 0 Å². The summed E-state index contributed by atoms with van der Waals surface area (Å²) in [6.07, 6.45) is 0.797. The molecule has 0 spiro atoms. The maximum absolute atomic E-state index is 12.3. The van der Waals surface area contributed by atoms with E-state index in [0.717, 1.165) is 17.5 Å². The molecule has 21 heavy (non-hydrogen) atoms. The Hall–Kier alpha value is -2.29. The van der Waals surface area contributed by atoms with Crippen LogP contribution in [0, 0.1) is 0 Å². The standard InChI is InChI=1S/C18H22N2O/c1-4-18(20(3)17(21)19-2,15-11-7-5-8-12-15)16-13-9-6-10-14-16/h5-14H,4H2,1-3H3,(H,19,21). The first-order valence-electron chi connectivity index (χ1n) is 7.23. The van der Waals surface area contributed by atoms with Crippen LogP contribution in [0.1, 0.15) is 24.5 Å². The minimum Gasteiger partial charge on any atom is -0.341 e. The highest BCUT2D eigenvalue weighted by atomic mass is 16.2. The van der Waals surface area contributed by atoms with E-state index < -0.39 is 5.54 Å². The van der Waals surface area contributed by atoms with Crippen LogP contribution in [0.2, 0.25) is 0 Å². The maximum atomic E-state index is 12.3. The summed E-state index contributed by atoms with van der Waals surface area (Å²) in [5, 5.41) is 2.73. The second kappa shape index (κ2) is 6.44. The molecule has 0 atom stereocenters. The van der Waals surface area contributed by atoms with Crippen molar-refractivity contribution in [1.82, 2.24) is 10.2 Å². The van der Waals surface area contributed by atoms with Crippen LogP contribution in [0.4, 0.5) is 4.79 Å². The third kappa shape index (κ3) is 2.64. The van der Waals surface area contributed by atoms with Crippen LogP contribution in [0.15, 0.2) is 60.7 Å². The van der Waals surface area contributed by atoms with Crippen LogP contribution in [-0.2, 0) is 5.54 Å². The molecule has 0 saturated carbocycles. The Labute approximate surface area is 126 Å². The lowest BCUT2D eigenvalue weighted by atomic mass is 9.79. The van der Waals surface area contributed by atoms with Gasteiger partial charge in [-0.1, -0.05) is 67.6 Å². The summed E-state index contributed by atoms with van der Waals surface area (Å²) in [6.45, 7) is 2.11. The molecular weight excluding hydrogens is 260 g/mol. The van der Waals surface area contributed by atoms with Gasteiger partial charge in [0.1, 0.15) is 0 Å². The summed E-state index contributed by atoms with van der Waals surface area (Å²) < 4.78 is 0. The Bertz CT molecular complexity index is 541. The predicted molar refractivity (Wildman–Crippen MR) is 86.2 cm³/mol. The molecule has 2 aromatic rings. The third-order valence-corrected chi connectivity index (χ3v) is 4.11. The van der Waals surface area contributed by atoms with Crippen molar-refractivity contribution in [2.75, 3.05) is 14.1 Å². The SMILES string of the molecule is CCC(c1ccccc1)(c1ccccc1)N(C)C(=O)NC. The molecule has 0 saturated heterocycles. The smallest absolute Gasteiger partial charge is 0.317 e. The van der Waals surface area contributed by atoms with E-state index >= 15 is 0 Å². The first kappa shape index (κ1) is 15.1. The number of hydrogen-bond acceptors (Lipinski definition) is 1. The number of benzene rings is 2. The first-order chi connectivity index (χ1) is 10.2. The van der Waals surface area contributed by atoms with Crippen molar-refractivity contribution in [2.24, 2.45) is 0 Å². The van der Waals surface area contributed by atoms with E-state index in [-0.39, 0.29) is 6.03 Å². The van der Waals surface area contributed by atoms with Crippen molar-refractivity contribution in [1.29, 1.82) is 0 Å². The third-order valence-electron chi connectivity index (χ3n) is 4.11. The summed E-state index contributed by atoms with van der Waals surface area (Å²) in [4.78, 5) is 14.1. The van der Waals surface area contributed by atoms with Gasteiger partial charge in [0.2, 0.25) is 0 Å². The van der Waals surface area contributed by atoms with E-state index in [1.807, 2.05) is 43.4 Å². The van der Waals surface area contributed by atoms with Gasteiger partial charge in [-0.05, 0) is 17.5 Å². The van der Waals surface area contributed by atoms with E-state index in [9.17, 15) is 4.79 Å². The van der Waals surface area contributed by atoms with Gasteiger partial charge in [0.05, 0.1) is 5.54 Å². The molecule has 2 rings (SSSR count). The van der Waals surface area contributed by atoms with Gasteiger partial charge in [0.15, 0.2) is 0 Å². The Balaban J connectivity index is 2.65. The number of carbonyl (C=O) groups excluding carboxylic acids is 1. The molecule has 0 fully saturated rings. The molecule has 0 aliphatic carbocycles. The zero-order chi connectivity index (χ0) is 15.3. The zero-order valence-electron chi connectivity index (χ0n) is 12.8. The summed E-state index contributed by atoms with van der Waals surface area (Å²) in [7, 11) is 3.51. The second-order valence-corrected chi connectivity index (χ2v) is 5.06. The van der Waals surface area contributed by atoms with E-state index in [0.29, 0.717) is 0 Å². The minimum absolute atomic E-state index is 0.0930. The van der Waals surface area contributed by atoms with Crippen molar-refractivity contribution in [3.05, 3.63) is 71.8 Å². The Morgan fingerprint density at radius 3 is 1.76 bits per heavy atom. The molecule has 0 aromatic heterocycles. The van der Waals surface area contributed by atoms with E-state index in [1.54, 1.807) is 11.9 Å². The average molecular weight is 282 g/mol. The largest absolute Gasteiger partial charge is 0.341 e. The Kier molecular flexibility index (Phi) is 4.63. The van der Waals surface area contributed by atoms with E-state index in [2.05, 4.69) is 36.5 Å². The number of carbonyl (C=O) groups is 1. The molecule has 2 amide bonds. The van der Waals surface area contributed by atoms with Crippen LogP contribution in [0.25, 0.3) is 0 Å². The van der Waals surface area contributed by atoms with Crippen molar-refractivity contribution < 1.29 is 4.79 Å². The van der Waals surface area contributed by atoms with Gasteiger partial charge in [-0.25, -0.2) is 4.79 Å². The number of rotatable bonds is 4. The number of nitrogens with one attached hydrogen (secondary N) is 1. The molecule has 110 valence electrons. The van der Waals surface area contributed by atoms with Gasteiger partial charge in [-0.15, -0.1) is 0 Å². The van der Waals surface area contributed by atoms with Crippen molar-refractivity contribution in [2.45, 2.75) is 18.9 Å². The monoisotopic (exact) mass is 282 g/mol. The topological polar surface area (TPSA) is 32.3 Å². The quantitative estimate of drug-likeness (QED) is 0.913. The number of nitrogens with zero attached hydrogens (tertiary/aromatic N) is 1. The number of urea groups is 1. The van der Waals surface area contributed by atoms with Crippen LogP contribution in [-0.4, -0.2) is 25.0 Å². The molecule has 0 bridgehead atoms. The Morgan fingerprint density at radius 1 is 1.00 bits per heavy atom. The van der Waals surface area contributed by atoms with Crippen molar-refractivity contribution in [3.8, 4) is 0 Å². The molecule has 0 heterocycles. The number of hydrogen-bond donors (Lipinski definition) is 1. The summed E-state index contributed by atoms with van der Waals surface area (Å²) in [6, 6.07) is 20.3. The normalized spacial score (nSPS) is 11.0. The van der Waals surface area contributed by atoms with E-state index in [1.165, 1.54) is 0 Å². The van der Waals surface area contributed by atoms with E-state index in [4.69, 9.17) is 0 Å². The van der Waals surface area contributed by atoms with Crippen LogP contribution in [0.5, 0.6) is 0 Å². The van der Waals surface area contributed by atoms with Crippen LogP contribution >= 0.6 is 0 Å². The van der Waals surface area contributed by atoms with Crippen LogP contribution < -0.4 is 5.32 Å². The fourth-order valence-corrected chi connectivity index (χ4v) is 2.97. The molecule has 0 aliphatic rings. The van der Waals surface area contributed by atoms with Gasteiger partial charge < -0.3 is 10.2 Å². The fourth-order valence-electron chi connectivity index (χ4n) is 2.97. The molecule has 0 radical (unpaired) electrons. The highest BCUT2D eigenvalue weighted by Crippen LogP contribution is 2.38. The number of amides is 2. The van der Waals surface area contributed by atoms with Crippen molar-refractivity contribution >= 4 is 6.03 Å². The predicted octanol–water partition coefficient (Wildman–Crippen LogP) is 3.61. The summed E-state index contributed by atoms with van der Waals surface area (Å²) in [5.41, 5.74) is 1.76. The van der Waals surface area contributed by atoms with Gasteiger partial charge in [0.25, 0.3) is 0 Å². The van der Waals surface area contributed by atoms with Gasteiger partial charge in [-0.3, -0.25) is 0 Å².